The van der Waals surface area contributed by atoms with Gasteiger partial charge in [0.25, 0.3) is 0 Å². The summed E-state index contributed by atoms with van der Waals surface area (Å²) >= 11 is 0. The predicted octanol–water partition coefficient (Wildman–Crippen LogP) is 2.32. The van der Waals surface area contributed by atoms with Crippen molar-refractivity contribution in [2.24, 2.45) is 5.73 Å². The topological polar surface area (TPSA) is 93.5 Å². The molecule has 0 aliphatic rings. The number of nitrogens with one attached hydrogen (secondary N) is 2. The lowest BCUT2D eigenvalue weighted by Gasteiger charge is -2.23. The molecule has 110 valence electrons. The van der Waals surface area contributed by atoms with Crippen LogP contribution in [-0.2, 0) is 9.53 Å². The summed E-state index contributed by atoms with van der Waals surface area (Å²) in [6, 6.07) is 6.77. The quantitative estimate of drug-likeness (QED) is 0.771. The SMILES string of the molecule is CCCC(C)(N)C(=O)Nc1cccc(NC(=O)OC)c1. The zero-order chi connectivity index (χ0) is 15.2. The van der Waals surface area contributed by atoms with E-state index in [9.17, 15) is 9.59 Å². The summed E-state index contributed by atoms with van der Waals surface area (Å²) in [6.45, 7) is 3.67. The van der Waals surface area contributed by atoms with Gasteiger partial charge in [-0.2, -0.15) is 0 Å². The molecule has 0 aliphatic carbocycles. The molecule has 0 radical (unpaired) electrons. The van der Waals surface area contributed by atoms with Crippen molar-refractivity contribution >= 4 is 23.4 Å². The van der Waals surface area contributed by atoms with Crippen LogP contribution < -0.4 is 16.4 Å². The van der Waals surface area contributed by atoms with Gasteiger partial charge in [-0.1, -0.05) is 19.4 Å². The summed E-state index contributed by atoms with van der Waals surface area (Å²) in [5.74, 6) is -0.255. The van der Waals surface area contributed by atoms with Crippen LogP contribution in [0.5, 0.6) is 0 Å². The van der Waals surface area contributed by atoms with Gasteiger partial charge in [-0.3, -0.25) is 10.1 Å². The third kappa shape index (κ3) is 4.55. The van der Waals surface area contributed by atoms with E-state index < -0.39 is 11.6 Å². The maximum Gasteiger partial charge on any atom is 0.411 e. The van der Waals surface area contributed by atoms with Gasteiger partial charge in [0.2, 0.25) is 5.91 Å². The fraction of sp³-hybridized carbons (Fsp3) is 0.429. The Morgan fingerprint density at radius 1 is 1.30 bits per heavy atom. The Bertz CT molecular complexity index is 486. The van der Waals surface area contributed by atoms with Gasteiger partial charge in [-0.15, -0.1) is 0 Å². The van der Waals surface area contributed by atoms with Crippen LogP contribution in [0.4, 0.5) is 16.2 Å². The molecule has 1 unspecified atom stereocenters. The molecule has 2 amide bonds. The molecule has 0 saturated carbocycles. The van der Waals surface area contributed by atoms with Crippen LogP contribution >= 0.6 is 0 Å². The molecule has 1 rings (SSSR count). The van der Waals surface area contributed by atoms with Gasteiger partial charge < -0.3 is 15.8 Å². The number of nitrogens with two attached hydrogens (primary N) is 1. The molecule has 0 heterocycles. The lowest BCUT2D eigenvalue weighted by atomic mass is 9.96. The molecule has 1 atom stereocenters. The van der Waals surface area contributed by atoms with E-state index in [1.165, 1.54) is 7.11 Å². The number of amides is 2. The third-order valence-corrected chi connectivity index (χ3v) is 2.84. The Balaban J connectivity index is 2.75. The minimum atomic E-state index is -0.916. The maximum atomic E-state index is 12.1. The van der Waals surface area contributed by atoms with E-state index in [4.69, 9.17) is 5.73 Å². The lowest BCUT2D eigenvalue weighted by Crippen LogP contribution is -2.48. The number of methoxy groups -OCH3 is 1. The highest BCUT2D eigenvalue weighted by Crippen LogP contribution is 2.18. The monoisotopic (exact) mass is 279 g/mol. The Kier molecular flexibility index (Phi) is 5.52. The Morgan fingerprint density at radius 3 is 2.45 bits per heavy atom. The smallest absolute Gasteiger partial charge is 0.411 e. The fourth-order valence-corrected chi connectivity index (χ4v) is 1.75. The van der Waals surface area contributed by atoms with Crippen LogP contribution in [0.1, 0.15) is 26.7 Å². The summed E-state index contributed by atoms with van der Waals surface area (Å²) < 4.78 is 4.50. The average molecular weight is 279 g/mol. The summed E-state index contributed by atoms with van der Waals surface area (Å²) in [5, 5.41) is 5.27. The van der Waals surface area contributed by atoms with Gasteiger partial charge in [0.1, 0.15) is 0 Å². The number of carbonyl (C=O) groups is 2. The first-order valence-electron chi connectivity index (χ1n) is 6.44. The van der Waals surface area contributed by atoms with Crippen molar-refractivity contribution in [1.82, 2.24) is 0 Å². The lowest BCUT2D eigenvalue weighted by molar-refractivity contribution is -0.120. The van der Waals surface area contributed by atoms with Crippen LogP contribution in [0.15, 0.2) is 24.3 Å². The minimum Gasteiger partial charge on any atom is -0.453 e. The van der Waals surface area contributed by atoms with Crippen LogP contribution in [0.3, 0.4) is 0 Å². The van der Waals surface area contributed by atoms with E-state index in [2.05, 4.69) is 15.4 Å². The van der Waals surface area contributed by atoms with Crippen molar-refractivity contribution in [2.45, 2.75) is 32.2 Å². The molecule has 0 aliphatic heterocycles. The number of hydrogen-bond acceptors (Lipinski definition) is 4. The van der Waals surface area contributed by atoms with Gasteiger partial charge in [0.05, 0.1) is 12.6 Å². The molecule has 0 saturated heterocycles. The summed E-state index contributed by atoms with van der Waals surface area (Å²) in [7, 11) is 1.28. The number of anilines is 2. The van der Waals surface area contributed by atoms with Crippen molar-refractivity contribution in [3.05, 3.63) is 24.3 Å². The van der Waals surface area contributed by atoms with E-state index in [1.54, 1.807) is 31.2 Å². The van der Waals surface area contributed by atoms with Crippen LogP contribution in [0.2, 0.25) is 0 Å². The number of ether oxygens (including phenoxy) is 1. The van der Waals surface area contributed by atoms with E-state index in [0.29, 0.717) is 17.8 Å². The second-order valence-corrected chi connectivity index (χ2v) is 4.82. The first-order chi connectivity index (χ1) is 9.39. The van der Waals surface area contributed by atoms with Gasteiger partial charge >= 0.3 is 6.09 Å². The Labute approximate surface area is 118 Å². The van der Waals surface area contributed by atoms with Crippen LogP contribution in [-0.4, -0.2) is 24.6 Å². The van der Waals surface area contributed by atoms with E-state index >= 15 is 0 Å². The second kappa shape index (κ2) is 6.91. The van der Waals surface area contributed by atoms with Gasteiger partial charge in [0, 0.05) is 11.4 Å². The van der Waals surface area contributed by atoms with Gasteiger partial charge in [0.15, 0.2) is 0 Å². The molecular formula is C14H21N3O3. The second-order valence-electron chi connectivity index (χ2n) is 4.82. The number of rotatable bonds is 5. The number of benzene rings is 1. The summed E-state index contributed by atoms with van der Waals surface area (Å²) in [4.78, 5) is 23.2. The normalized spacial score (nSPS) is 13.2. The molecule has 1 aromatic rings. The number of hydrogen-bond donors (Lipinski definition) is 3. The first kappa shape index (κ1) is 16.0. The fourth-order valence-electron chi connectivity index (χ4n) is 1.75. The van der Waals surface area contributed by atoms with Crippen LogP contribution in [0, 0.1) is 0 Å². The zero-order valence-corrected chi connectivity index (χ0v) is 12.0. The molecule has 6 nitrogen and oxygen atoms in total. The molecule has 0 aromatic heterocycles. The highest BCUT2D eigenvalue weighted by atomic mass is 16.5. The molecule has 0 bridgehead atoms. The molecule has 0 fully saturated rings. The zero-order valence-electron chi connectivity index (χ0n) is 12.0. The Hall–Kier alpha value is -2.08. The highest BCUT2D eigenvalue weighted by Gasteiger charge is 2.27. The standard InChI is InChI=1S/C14H21N3O3/c1-4-8-14(2,15)12(18)16-10-6-5-7-11(9-10)17-13(19)20-3/h5-7,9H,4,8,15H2,1-3H3,(H,16,18)(H,17,19). The minimum absolute atomic E-state index is 0.255. The molecule has 4 N–H and O–H groups in total. The molecule has 1 aromatic carbocycles. The van der Waals surface area contributed by atoms with E-state index in [0.717, 1.165) is 6.42 Å². The van der Waals surface area contributed by atoms with E-state index in [1.807, 2.05) is 6.92 Å². The predicted molar refractivity (Wildman–Crippen MR) is 78.6 cm³/mol. The highest BCUT2D eigenvalue weighted by molar-refractivity contribution is 5.98. The van der Waals surface area contributed by atoms with Crippen molar-refractivity contribution in [3.63, 3.8) is 0 Å². The van der Waals surface area contributed by atoms with Crippen molar-refractivity contribution in [3.8, 4) is 0 Å². The van der Waals surface area contributed by atoms with Crippen molar-refractivity contribution < 1.29 is 14.3 Å². The average Bonchev–Trinajstić information content (AvgIpc) is 2.38. The van der Waals surface area contributed by atoms with Crippen molar-refractivity contribution in [1.29, 1.82) is 0 Å². The summed E-state index contributed by atoms with van der Waals surface area (Å²) in [6.07, 6.45) is 0.853. The number of carbonyl (C=O) groups excluding carboxylic acids is 2. The Morgan fingerprint density at radius 2 is 1.90 bits per heavy atom. The largest absolute Gasteiger partial charge is 0.453 e. The van der Waals surface area contributed by atoms with E-state index in [-0.39, 0.29) is 5.91 Å². The molecule has 6 heteroatoms. The van der Waals surface area contributed by atoms with Crippen LogP contribution in [0.25, 0.3) is 0 Å². The maximum absolute atomic E-state index is 12.1. The van der Waals surface area contributed by atoms with Crippen molar-refractivity contribution in [2.75, 3.05) is 17.7 Å². The van der Waals surface area contributed by atoms with Gasteiger partial charge in [-0.05, 0) is 31.5 Å². The molecular weight excluding hydrogens is 258 g/mol. The molecule has 20 heavy (non-hydrogen) atoms. The first-order valence-corrected chi connectivity index (χ1v) is 6.44. The van der Waals surface area contributed by atoms with Gasteiger partial charge in [-0.25, -0.2) is 4.79 Å². The molecule has 0 spiro atoms. The third-order valence-electron chi connectivity index (χ3n) is 2.84. The summed E-state index contributed by atoms with van der Waals surface area (Å²) in [5.41, 5.74) is 6.14.